The van der Waals surface area contributed by atoms with Gasteiger partial charge in [-0.1, -0.05) is 26.0 Å². The van der Waals surface area contributed by atoms with Gasteiger partial charge >= 0.3 is 12.8 Å². The van der Waals surface area contributed by atoms with Gasteiger partial charge in [0.1, 0.15) is 11.8 Å². The van der Waals surface area contributed by atoms with Gasteiger partial charge in [-0.25, -0.2) is 0 Å². The number of alkyl halides is 5. The van der Waals surface area contributed by atoms with Crippen molar-refractivity contribution in [1.82, 2.24) is 0 Å². The first-order valence-corrected chi connectivity index (χ1v) is 5.43. The number of ether oxygens (including phenoxy) is 1. The molecule has 2 nitrogen and oxygen atoms in total. The molecule has 0 aliphatic heterocycles. The van der Waals surface area contributed by atoms with Gasteiger partial charge < -0.3 is 10.5 Å². The average Bonchev–Trinajstić information content (AvgIpc) is 2.26. The molecule has 1 unspecified atom stereocenters. The van der Waals surface area contributed by atoms with Crippen LogP contribution < -0.4 is 10.5 Å². The Balaban J connectivity index is 3.07. The van der Waals surface area contributed by atoms with E-state index in [1.807, 2.05) is 0 Å². The number of hydrogen-bond donors (Lipinski definition) is 1. The minimum atomic E-state index is -4.58. The van der Waals surface area contributed by atoms with Crippen LogP contribution in [-0.4, -0.2) is 18.8 Å². The quantitative estimate of drug-likeness (QED) is 0.859. The Hall–Kier alpha value is -1.37. The topological polar surface area (TPSA) is 35.2 Å². The summed E-state index contributed by atoms with van der Waals surface area (Å²) in [6.45, 7) is -0.436. The van der Waals surface area contributed by atoms with Gasteiger partial charge in [0.05, 0.1) is 0 Å². The lowest BCUT2D eigenvalue weighted by atomic mass is 9.78. The second-order valence-electron chi connectivity index (χ2n) is 4.65. The second-order valence-corrected chi connectivity index (χ2v) is 4.65. The first kappa shape index (κ1) is 15.7. The van der Waals surface area contributed by atoms with Crippen LogP contribution in [0.2, 0.25) is 0 Å². The summed E-state index contributed by atoms with van der Waals surface area (Å²) in [5.74, 6) is -0.199. The molecule has 0 radical (unpaired) electrons. The van der Waals surface area contributed by atoms with Crippen LogP contribution in [0.3, 0.4) is 0 Å². The summed E-state index contributed by atoms with van der Waals surface area (Å²) in [5, 5.41) is 0. The standard InChI is InChI=1S/C12H14F5NO/c1-11(2,9(18)12(15,16)17)7-4-3-5-8(6-7)19-10(13)14/h3-6,9-10H,18H2,1-2H3. The van der Waals surface area contributed by atoms with Crippen LogP contribution in [0.1, 0.15) is 19.4 Å². The van der Waals surface area contributed by atoms with Crippen molar-refractivity contribution in [3.05, 3.63) is 29.8 Å². The first-order valence-electron chi connectivity index (χ1n) is 5.43. The van der Waals surface area contributed by atoms with Crippen LogP contribution in [-0.2, 0) is 5.41 Å². The van der Waals surface area contributed by atoms with E-state index in [0.29, 0.717) is 0 Å². The van der Waals surface area contributed by atoms with Crippen molar-refractivity contribution in [3.63, 3.8) is 0 Å². The third-order valence-electron chi connectivity index (χ3n) is 2.93. The number of halogens is 5. The number of hydrogen-bond acceptors (Lipinski definition) is 2. The van der Waals surface area contributed by atoms with Crippen LogP contribution in [0, 0.1) is 0 Å². The van der Waals surface area contributed by atoms with E-state index in [0.717, 1.165) is 6.07 Å². The zero-order valence-electron chi connectivity index (χ0n) is 10.3. The maximum Gasteiger partial charge on any atom is 0.404 e. The van der Waals surface area contributed by atoms with Crippen LogP contribution in [0.25, 0.3) is 0 Å². The molecule has 0 aliphatic rings. The van der Waals surface area contributed by atoms with Crippen LogP contribution in [0.4, 0.5) is 22.0 Å². The molecule has 108 valence electrons. The summed E-state index contributed by atoms with van der Waals surface area (Å²) in [7, 11) is 0. The number of benzene rings is 1. The van der Waals surface area contributed by atoms with Gasteiger partial charge in [0.2, 0.25) is 0 Å². The van der Waals surface area contributed by atoms with Crippen LogP contribution in [0.15, 0.2) is 24.3 Å². The molecule has 1 aromatic carbocycles. The molecule has 1 rings (SSSR count). The summed E-state index contributed by atoms with van der Waals surface area (Å²) >= 11 is 0. The predicted molar refractivity (Wildman–Crippen MR) is 60.1 cm³/mol. The predicted octanol–water partition coefficient (Wildman–Crippen LogP) is 3.46. The van der Waals surface area contributed by atoms with E-state index in [1.54, 1.807) is 0 Å². The fourth-order valence-corrected chi connectivity index (χ4v) is 1.66. The summed E-state index contributed by atoms with van der Waals surface area (Å²) in [6, 6.07) is 3.01. The molecule has 7 heteroatoms. The molecule has 0 fully saturated rings. The van der Waals surface area contributed by atoms with E-state index in [2.05, 4.69) is 4.74 Å². The third kappa shape index (κ3) is 3.79. The Morgan fingerprint density at radius 2 is 1.74 bits per heavy atom. The highest BCUT2D eigenvalue weighted by atomic mass is 19.4. The highest BCUT2D eigenvalue weighted by Gasteiger charge is 2.47. The van der Waals surface area contributed by atoms with Crippen molar-refractivity contribution >= 4 is 0 Å². The normalized spacial score (nSPS) is 14.6. The molecule has 19 heavy (non-hydrogen) atoms. The smallest absolute Gasteiger partial charge is 0.404 e. The SMILES string of the molecule is CC(C)(c1cccc(OC(F)F)c1)C(N)C(F)(F)F. The van der Waals surface area contributed by atoms with Crippen LogP contribution >= 0.6 is 0 Å². The Labute approximate surface area is 107 Å². The van der Waals surface area contributed by atoms with Crippen molar-refractivity contribution in [2.75, 3.05) is 0 Å². The summed E-state index contributed by atoms with van der Waals surface area (Å²) in [6.07, 6.45) is -4.58. The Morgan fingerprint density at radius 3 is 2.21 bits per heavy atom. The number of nitrogens with two attached hydrogens (primary N) is 1. The van der Waals surface area contributed by atoms with Gasteiger partial charge in [-0.15, -0.1) is 0 Å². The maximum absolute atomic E-state index is 12.7. The summed E-state index contributed by atoms with van der Waals surface area (Å²) in [4.78, 5) is 0. The molecule has 0 spiro atoms. The molecule has 1 atom stereocenters. The second kappa shape index (κ2) is 5.32. The molecule has 2 N–H and O–H groups in total. The van der Waals surface area contributed by atoms with E-state index in [-0.39, 0.29) is 11.3 Å². The van der Waals surface area contributed by atoms with E-state index >= 15 is 0 Å². The van der Waals surface area contributed by atoms with Gasteiger partial charge in [0, 0.05) is 5.41 Å². The average molecular weight is 283 g/mol. The minimum Gasteiger partial charge on any atom is -0.435 e. The van der Waals surface area contributed by atoms with Crippen molar-refractivity contribution in [1.29, 1.82) is 0 Å². The highest BCUT2D eigenvalue weighted by Crippen LogP contribution is 2.36. The van der Waals surface area contributed by atoms with Crippen molar-refractivity contribution in [2.45, 2.75) is 38.1 Å². The van der Waals surface area contributed by atoms with Gasteiger partial charge in [-0.3, -0.25) is 0 Å². The minimum absolute atomic E-state index is 0.176. The lowest BCUT2D eigenvalue weighted by Gasteiger charge is -2.33. The largest absolute Gasteiger partial charge is 0.435 e. The molecular weight excluding hydrogens is 269 g/mol. The molecular formula is C12H14F5NO. The Morgan fingerprint density at radius 1 is 1.16 bits per heavy atom. The van der Waals surface area contributed by atoms with E-state index in [1.165, 1.54) is 32.0 Å². The lowest BCUT2D eigenvalue weighted by molar-refractivity contribution is -0.160. The molecule has 0 bridgehead atoms. The molecule has 0 heterocycles. The maximum atomic E-state index is 12.7. The van der Waals surface area contributed by atoms with Gasteiger partial charge in [0.25, 0.3) is 0 Å². The fraction of sp³-hybridized carbons (Fsp3) is 0.500. The molecule has 0 amide bonds. The van der Waals surface area contributed by atoms with E-state index in [4.69, 9.17) is 5.73 Å². The van der Waals surface area contributed by atoms with E-state index < -0.39 is 24.2 Å². The molecule has 0 aromatic heterocycles. The summed E-state index contributed by atoms with van der Waals surface area (Å²) < 4.78 is 66.3. The lowest BCUT2D eigenvalue weighted by Crippen LogP contribution is -2.51. The first-order chi connectivity index (χ1) is 8.55. The third-order valence-corrected chi connectivity index (χ3v) is 2.93. The fourth-order valence-electron chi connectivity index (χ4n) is 1.66. The monoisotopic (exact) mass is 283 g/mol. The Bertz CT molecular complexity index is 430. The zero-order chi connectivity index (χ0) is 14.8. The van der Waals surface area contributed by atoms with Crippen molar-refractivity contribution in [3.8, 4) is 5.75 Å². The van der Waals surface area contributed by atoms with Crippen molar-refractivity contribution in [2.24, 2.45) is 5.73 Å². The van der Waals surface area contributed by atoms with Gasteiger partial charge in [-0.2, -0.15) is 22.0 Å². The zero-order valence-corrected chi connectivity index (χ0v) is 10.3. The molecule has 0 saturated carbocycles. The Kier molecular flexibility index (Phi) is 4.39. The summed E-state index contributed by atoms with van der Waals surface area (Å²) in [5.41, 5.74) is 3.92. The molecule has 1 aromatic rings. The van der Waals surface area contributed by atoms with Crippen LogP contribution in [0.5, 0.6) is 5.75 Å². The van der Waals surface area contributed by atoms with Gasteiger partial charge in [-0.05, 0) is 17.7 Å². The van der Waals surface area contributed by atoms with Crippen molar-refractivity contribution < 1.29 is 26.7 Å². The highest BCUT2D eigenvalue weighted by molar-refractivity contribution is 5.34. The molecule has 0 saturated heterocycles. The molecule has 0 aliphatic carbocycles. The van der Waals surface area contributed by atoms with E-state index in [9.17, 15) is 22.0 Å². The number of rotatable bonds is 4. The van der Waals surface area contributed by atoms with Gasteiger partial charge in [0.15, 0.2) is 0 Å².